The van der Waals surface area contributed by atoms with Crippen molar-refractivity contribution in [3.63, 3.8) is 0 Å². The molecular weight excluding hydrogens is 269 g/mol. The number of piperidine rings is 1. The molecule has 0 saturated carbocycles. The van der Waals surface area contributed by atoms with Crippen LogP contribution in [0.1, 0.15) is 36.8 Å². The molecule has 0 radical (unpaired) electrons. The number of halogens is 1. The zero-order chi connectivity index (χ0) is 14.8. The highest BCUT2D eigenvalue weighted by Crippen LogP contribution is 2.36. The van der Waals surface area contributed by atoms with E-state index in [1.54, 1.807) is 12.1 Å². The second-order valence-corrected chi connectivity index (χ2v) is 5.96. The van der Waals surface area contributed by atoms with Gasteiger partial charge in [0.2, 0.25) is 0 Å². The molecule has 1 aromatic carbocycles. The number of hydrogen-bond donors (Lipinski definition) is 2. The molecule has 0 amide bonds. The summed E-state index contributed by atoms with van der Waals surface area (Å²) in [6.07, 6.45) is 3.79. The van der Waals surface area contributed by atoms with Gasteiger partial charge in [0.1, 0.15) is 12.4 Å². The molecule has 2 aliphatic rings. The summed E-state index contributed by atoms with van der Waals surface area (Å²) in [5.74, 6) is 4.79. The minimum absolute atomic E-state index is 0.169. The Morgan fingerprint density at radius 2 is 1.95 bits per heavy atom. The summed E-state index contributed by atoms with van der Waals surface area (Å²) in [6, 6.07) is 5.88. The third-order valence-electron chi connectivity index (χ3n) is 4.56. The maximum absolute atomic E-state index is 13.7. The minimum Gasteiger partial charge on any atom is -0.393 e. The van der Waals surface area contributed by atoms with Crippen LogP contribution >= 0.6 is 0 Å². The van der Waals surface area contributed by atoms with E-state index in [9.17, 15) is 9.50 Å². The molecule has 0 aliphatic carbocycles. The Bertz CT molecular complexity index is 564. The Kier molecular flexibility index (Phi) is 4.25. The van der Waals surface area contributed by atoms with Crippen molar-refractivity contribution in [1.82, 2.24) is 4.90 Å². The topological polar surface area (TPSA) is 43.7 Å². The van der Waals surface area contributed by atoms with Gasteiger partial charge in [-0.25, -0.2) is 4.39 Å². The van der Waals surface area contributed by atoms with Gasteiger partial charge in [-0.2, -0.15) is 0 Å². The average Bonchev–Trinajstić information content (AvgIpc) is 2.70. The Morgan fingerprint density at radius 3 is 2.62 bits per heavy atom. The highest BCUT2D eigenvalue weighted by Gasteiger charge is 2.39. The van der Waals surface area contributed by atoms with E-state index in [1.807, 2.05) is 0 Å². The van der Waals surface area contributed by atoms with Crippen LogP contribution in [-0.2, 0) is 6.54 Å². The van der Waals surface area contributed by atoms with Crippen LogP contribution in [0.25, 0.3) is 0 Å². The monoisotopic (exact) mass is 289 g/mol. The van der Waals surface area contributed by atoms with E-state index in [-0.39, 0.29) is 18.5 Å². The minimum atomic E-state index is -0.350. The molecule has 2 N–H and O–H groups in total. The Balaban J connectivity index is 1.76. The van der Waals surface area contributed by atoms with Gasteiger partial charge in [0.25, 0.3) is 0 Å². The van der Waals surface area contributed by atoms with Crippen LogP contribution in [0.3, 0.4) is 0 Å². The maximum Gasteiger partial charge on any atom is 0.138 e. The first-order valence-corrected chi connectivity index (χ1v) is 7.49. The van der Waals surface area contributed by atoms with Crippen LogP contribution in [0.5, 0.6) is 0 Å². The number of rotatable bonds is 2. The highest BCUT2D eigenvalue weighted by molar-refractivity contribution is 5.38. The maximum atomic E-state index is 13.7. The standard InChI is InChI=1S/C17H20FNO2/c18-17-6-3-12(8-13(17)2-1-7-20)11-19-14-4-5-15(19)10-16(21)9-14/h3,6,8,14-16,20-21H,4-5,7,9-11H2. The number of hydrogen-bond acceptors (Lipinski definition) is 3. The van der Waals surface area contributed by atoms with Gasteiger partial charge in [0.05, 0.1) is 11.7 Å². The fraction of sp³-hybridized carbons (Fsp3) is 0.529. The number of fused-ring (bicyclic) bond motifs is 2. The number of aliphatic hydroxyl groups is 2. The van der Waals surface area contributed by atoms with Gasteiger partial charge in [0.15, 0.2) is 0 Å². The van der Waals surface area contributed by atoms with Crippen molar-refractivity contribution < 1.29 is 14.6 Å². The molecule has 3 nitrogen and oxygen atoms in total. The first-order valence-electron chi connectivity index (χ1n) is 7.49. The molecular formula is C17H20FNO2. The largest absolute Gasteiger partial charge is 0.393 e. The Morgan fingerprint density at radius 1 is 1.24 bits per heavy atom. The molecule has 0 aromatic heterocycles. The van der Waals surface area contributed by atoms with Gasteiger partial charge in [-0.05, 0) is 43.4 Å². The van der Waals surface area contributed by atoms with E-state index in [1.165, 1.54) is 6.07 Å². The van der Waals surface area contributed by atoms with Crippen LogP contribution in [0, 0.1) is 17.7 Å². The van der Waals surface area contributed by atoms with Crippen LogP contribution in [0.4, 0.5) is 4.39 Å². The van der Waals surface area contributed by atoms with E-state index >= 15 is 0 Å². The SMILES string of the molecule is OCC#Cc1cc(CN2C3CCC2CC(O)C3)ccc1F. The molecule has 21 heavy (non-hydrogen) atoms. The van der Waals surface area contributed by atoms with Crippen molar-refractivity contribution in [2.24, 2.45) is 0 Å². The number of aliphatic hydroxyl groups excluding tert-OH is 2. The van der Waals surface area contributed by atoms with E-state index in [2.05, 4.69) is 16.7 Å². The zero-order valence-corrected chi connectivity index (χ0v) is 11.9. The van der Waals surface area contributed by atoms with Crippen LogP contribution < -0.4 is 0 Å². The first-order chi connectivity index (χ1) is 10.2. The lowest BCUT2D eigenvalue weighted by Gasteiger charge is -2.37. The van der Waals surface area contributed by atoms with Gasteiger partial charge in [-0.3, -0.25) is 4.90 Å². The van der Waals surface area contributed by atoms with Crippen molar-refractivity contribution >= 4 is 0 Å². The summed E-state index contributed by atoms with van der Waals surface area (Å²) < 4.78 is 13.7. The van der Waals surface area contributed by atoms with Gasteiger partial charge >= 0.3 is 0 Å². The molecule has 1 aromatic rings. The highest BCUT2D eigenvalue weighted by atomic mass is 19.1. The quantitative estimate of drug-likeness (QED) is 0.814. The number of nitrogens with zero attached hydrogens (tertiary/aromatic N) is 1. The molecule has 2 fully saturated rings. The first kappa shape index (κ1) is 14.5. The summed E-state index contributed by atoms with van der Waals surface area (Å²) in [7, 11) is 0. The molecule has 2 bridgehead atoms. The summed E-state index contributed by atoms with van der Waals surface area (Å²) >= 11 is 0. The molecule has 2 aliphatic heterocycles. The fourth-order valence-corrected chi connectivity index (χ4v) is 3.62. The van der Waals surface area contributed by atoms with Crippen LogP contribution in [0.2, 0.25) is 0 Å². The van der Waals surface area contributed by atoms with Crippen molar-refractivity contribution in [1.29, 1.82) is 0 Å². The van der Waals surface area contributed by atoms with Gasteiger partial charge in [0, 0.05) is 18.6 Å². The molecule has 0 spiro atoms. The lowest BCUT2D eigenvalue weighted by atomic mass is 9.98. The summed E-state index contributed by atoms with van der Waals surface area (Å²) in [6.45, 7) is 0.508. The molecule has 2 heterocycles. The summed E-state index contributed by atoms with van der Waals surface area (Å²) in [5.41, 5.74) is 1.37. The van der Waals surface area contributed by atoms with Gasteiger partial charge < -0.3 is 10.2 Å². The summed E-state index contributed by atoms with van der Waals surface area (Å²) in [5, 5.41) is 18.6. The van der Waals surface area contributed by atoms with Crippen molar-refractivity contribution in [3.8, 4) is 11.8 Å². The molecule has 2 unspecified atom stereocenters. The Labute approximate surface area is 124 Å². The smallest absolute Gasteiger partial charge is 0.138 e. The third kappa shape index (κ3) is 3.11. The molecule has 2 saturated heterocycles. The zero-order valence-electron chi connectivity index (χ0n) is 11.9. The van der Waals surface area contributed by atoms with Crippen molar-refractivity contribution in [2.75, 3.05) is 6.61 Å². The average molecular weight is 289 g/mol. The predicted octanol–water partition coefficient (Wildman–Crippen LogP) is 1.66. The predicted molar refractivity (Wildman–Crippen MR) is 78.0 cm³/mol. The Hall–Kier alpha value is -1.41. The lowest BCUT2D eigenvalue weighted by Crippen LogP contribution is -2.44. The van der Waals surface area contributed by atoms with Gasteiger partial charge in [-0.15, -0.1) is 0 Å². The molecule has 4 heteroatoms. The van der Waals surface area contributed by atoms with Crippen LogP contribution in [0.15, 0.2) is 18.2 Å². The van der Waals surface area contributed by atoms with E-state index in [0.717, 1.165) is 37.8 Å². The molecule has 112 valence electrons. The molecule has 2 atom stereocenters. The lowest BCUT2D eigenvalue weighted by molar-refractivity contribution is 0.0310. The number of benzene rings is 1. The van der Waals surface area contributed by atoms with Crippen molar-refractivity contribution in [2.45, 2.75) is 50.4 Å². The van der Waals surface area contributed by atoms with E-state index in [4.69, 9.17) is 5.11 Å². The van der Waals surface area contributed by atoms with Crippen molar-refractivity contribution in [3.05, 3.63) is 35.1 Å². The third-order valence-corrected chi connectivity index (χ3v) is 4.56. The summed E-state index contributed by atoms with van der Waals surface area (Å²) in [4.78, 5) is 2.43. The second-order valence-electron chi connectivity index (χ2n) is 5.96. The van der Waals surface area contributed by atoms with Gasteiger partial charge in [-0.1, -0.05) is 17.9 Å². The molecule has 3 rings (SSSR count). The normalized spacial score (nSPS) is 28.2. The van der Waals surface area contributed by atoms with E-state index in [0.29, 0.717) is 17.6 Å². The second kappa shape index (κ2) is 6.15. The van der Waals surface area contributed by atoms with Crippen LogP contribution in [-0.4, -0.2) is 39.9 Å². The van der Waals surface area contributed by atoms with E-state index < -0.39 is 0 Å². The fourth-order valence-electron chi connectivity index (χ4n) is 3.62.